The Bertz CT molecular complexity index is 493. The molecule has 2 atom stereocenters. The lowest BCUT2D eigenvalue weighted by Crippen LogP contribution is -2.64. The Hall–Kier alpha value is -0.610. The van der Waals surface area contributed by atoms with Gasteiger partial charge in [0.15, 0.2) is 0 Å². The van der Waals surface area contributed by atoms with Crippen LogP contribution in [0.4, 0.5) is 0 Å². The summed E-state index contributed by atoms with van der Waals surface area (Å²) < 4.78 is 0. The van der Waals surface area contributed by atoms with Crippen molar-refractivity contribution < 1.29 is 9.90 Å². The van der Waals surface area contributed by atoms with Crippen LogP contribution in [-0.2, 0) is 4.79 Å². The van der Waals surface area contributed by atoms with Gasteiger partial charge in [0.25, 0.3) is 0 Å². The average molecular weight is 318 g/mol. The first kappa shape index (κ1) is 14.7. The third-order valence-corrected chi connectivity index (χ3v) is 7.65. The summed E-state index contributed by atoms with van der Waals surface area (Å²) in [5.74, 6) is 2.06. The number of aliphatic hydroxyl groups is 1. The number of nitrogens with one attached hydrogen (secondary N) is 1. The van der Waals surface area contributed by atoms with Crippen LogP contribution in [-0.4, -0.2) is 46.2 Å². The van der Waals surface area contributed by atoms with E-state index in [-0.39, 0.29) is 5.54 Å². The molecule has 0 radical (unpaired) electrons. The number of piperidine rings is 1. The Morgan fingerprint density at radius 2 is 1.65 bits per heavy atom. The maximum Gasteiger partial charge on any atom is 0.240 e. The first-order valence-corrected chi connectivity index (χ1v) is 9.86. The molecule has 128 valence electrons. The third kappa shape index (κ3) is 2.28. The van der Waals surface area contributed by atoms with Gasteiger partial charge in [0.2, 0.25) is 5.91 Å². The van der Waals surface area contributed by atoms with Crippen molar-refractivity contribution in [2.45, 2.75) is 81.4 Å². The van der Waals surface area contributed by atoms with Gasteiger partial charge in [0.1, 0.15) is 5.54 Å². The van der Waals surface area contributed by atoms with Crippen molar-refractivity contribution in [3.8, 4) is 0 Å². The van der Waals surface area contributed by atoms with Crippen LogP contribution in [0.25, 0.3) is 0 Å². The van der Waals surface area contributed by atoms with Crippen LogP contribution in [0.15, 0.2) is 0 Å². The first-order chi connectivity index (χ1) is 11.1. The van der Waals surface area contributed by atoms with Gasteiger partial charge in [-0.1, -0.05) is 6.42 Å². The van der Waals surface area contributed by atoms with Crippen molar-refractivity contribution in [1.29, 1.82) is 0 Å². The molecule has 6 fully saturated rings. The number of amides is 1. The Morgan fingerprint density at radius 3 is 2.22 bits per heavy atom. The summed E-state index contributed by atoms with van der Waals surface area (Å²) in [4.78, 5) is 15.6. The Labute approximate surface area is 139 Å². The van der Waals surface area contributed by atoms with Crippen LogP contribution >= 0.6 is 0 Å². The van der Waals surface area contributed by atoms with E-state index in [0.717, 1.165) is 45.2 Å². The van der Waals surface area contributed by atoms with E-state index >= 15 is 0 Å². The number of carbonyl (C=O) groups is 1. The molecule has 1 saturated heterocycles. The molecule has 4 nitrogen and oxygen atoms in total. The van der Waals surface area contributed by atoms with Gasteiger partial charge in [-0.15, -0.1) is 0 Å². The molecule has 4 heteroatoms. The van der Waals surface area contributed by atoms with E-state index in [0.29, 0.717) is 29.7 Å². The van der Waals surface area contributed by atoms with E-state index in [9.17, 15) is 9.90 Å². The molecule has 23 heavy (non-hydrogen) atoms. The molecular weight excluding hydrogens is 288 g/mol. The molecule has 0 aromatic rings. The zero-order valence-corrected chi connectivity index (χ0v) is 14.1. The minimum absolute atomic E-state index is 0.161. The number of hydrogen-bond donors (Lipinski definition) is 2. The van der Waals surface area contributed by atoms with Gasteiger partial charge in [-0.25, -0.2) is 0 Å². The van der Waals surface area contributed by atoms with E-state index in [1.807, 2.05) is 0 Å². The highest BCUT2D eigenvalue weighted by molar-refractivity contribution is 5.89. The second-order valence-corrected chi connectivity index (χ2v) is 9.27. The van der Waals surface area contributed by atoms with Crippen LogP contribution in [0.1, 0.15) is 64.2 Å². The summed E-state index contributed by atoms with van der Waals surface area (Å²) in [5, 5.41) is 14.2. The molecule has 6 rings (SSSR count). The fraction of sp³-hybridized carbons (Fsp3) is 0.947. The molecule has 2 unspecified atom stereocenters. The lowest BCUT2D eigenvalue weighted by atomic mass is 9.52. The highest BCUT2D eigenvalue weighted by atomic mass is 16.3. The molecule has 5 saturated carbocycles. The molecule has 0 spiro atoms. The summed E-state index contributed by atoms with van der Waals surface area (Å²) >= 11 is 0. The van der Waals surface area contributed by atoms with Crippen molar-refractivity contribution in [3.05, 3.63) is 0 Å². The summed E-state index contributed by atoms with van der Waals surface area (Å²) in [7, 11) is 0. The van der Waals surface area contributed by atoms with Gasteiger partial charge in [-0.3, -0.25) is 9.69 Å². The average Bonchev–Trinajstić information content (AvgIpc) is 3.32. The highest BCUT2D eigenvalue weighted by Gasteiger charge is 2.58. The van der Waals surface area contributed by atoms with Crippen LogP contribution in [0.2, 0.25) is 0 Å². The molecule has 5 aliphatic carbocycles. The monoisotopic (exact) mass is 318 g/mol. The molecule has 2 N–H and O–H groups in total. The van der Waals surface area contributed by atoms with Crippen molar-refractivity contribution in [1.82, 2.24) is 10.2 Å². The molecular formula is C19H30N2O2. The van der Waals surface area contributed by atoms with Crippen LogP contribution in [0.3, 0.4) is 0 Å². The zero-order chi connectivity index (χ0) is 15.7. The Balaban J connectivity index is 1.30. The van der Waals surface area contributed by atoms with Gasteiger partial charge in [0.05, 0.1) is 5.60 Å². The fourth-order valence-electron chi connectivity index (χ4n) is 6.63. The van der Waals surface area contributed by atoms with E-state index in [1.165, 1.54) is 32.1 Å². The number of likely N-dealkylation sites (tertiary alicyclic amines) is 1. The van der Waals surface area contributed by atoms with Crippen molar-refractivity contribution >= 4 is 5.91 Å². The number of rotatable bonds is 3. The molecule has 1 amide bonds. The van der Waals surface area contributed by atoms with Crippen molar-refractivity contribution in [2.24, 2.45) is 17.8 Å². The smallest absolute Gasteiger partial charge is 0.240 e. The normalized spacial score (nSPS) is 47.5. The number of nitrogens with zero attached hydrogens (tertiary/aromatic N) is 1. The molecule has 1 heterocycles. The minimum Gasteiger partial charge on any atom is -0.390 e. The fourth-order valence-corrected chi connectivity index (χ4v) is 6.63. The van der Waals surface area contributed by atoms with Crippen LogP contribution in [0.5, 0.6) is 0 Å². The standard InChI is InChI=1S/C19H30N2O2/c22-17(19(4-5-19)21-6-2-1-3-7-21)20-16-14-8-13-9-15(16)12-18(23,10-13)11-14/h13-16,23H,1-12H2,(H,20,22). The molecule has 0 aromatic heterocycles. The lowest BCUT2D eigenvalue weighted by Gasteiger charge is -2.58. The summed E-state index contributed by atoms with van der Waals surface area (Å²) in [6, 6.07) is 0.335. The third-order valence-electron chi connectivity index (χ3n) is 7.65. The predicted octanol–water partition coefficient (Wildman–Crippen LogP) is 2.06. The molecule has 0 aromatic carbocycles. The summed E-state index contributed by atoms with van der Waals surface area (Å²) in [6.45, 7) is 2.21. The molecule has 6 aliphatic rings. The van der Waals surface area contributed by atoms with Crippen LogP contribution in [0, 0.1) is 17.8 Å². The second kappa shape index (κ2) is 4.95. The van der Waals surface area contributed by atoms with Crippen molar-refractivity contribution in [3.63, 3.8) is 0 Å². The summed E-state index contributed by atoms with van der Waals surface area (Å²) in [5.41, 5.74) is -0.562. The maximum atomic E-state index is 13.1. The van der Waals surface area contributed by atoms with Gasteiger partial charge >= 0.3 is 0 Å². The predicted molar refractivity (Wildman–Crippen MR) is 87.8 cm³/mol. The SMILES string of the molecule is O=C(NC1C2CC3CC1CC(O)(C3)C2)C1(N2CCCCC2)CC1. The van der Waals surface area contributed by atoms with Gasteiger partial charge in [0, 0.05) is 6.04 Å². The largest absolute Gasteiger partial charge is 0.390 e. The topological polar surface area (TPSA) is 52.6 Å². The Morgan fingerprint density at radius 1 is 1.00 bits per heavy atom. The quantitative estimate of drug-likeness (QED) is 0.837. The minimum atomic E-state index is -0.401. The number of carbonyl (C=O) groups excluding carboxylic acids is 1. The molecule has 4 bridgehead atoms. The lowest BCUT2D eigenvalue weighted by molar-refractivity contribution is -0.149. The van der Waals surface area contributed by atoms with E-state index < -0.39 is 5.60 Å². The number of hydrogen-bond acceptors (Lipinski definition) is 3. The summed E-state index contributed by atoms with van der Waals surface area (Å²) in [6.07, 6.45) is 11.2. The van der Waals surface area contributed by atoms with Gasteiger partial charge in [-0.05, 0) is 88.6 Å². The Kier molecular flexibility index (Phi) is 3.17. The van der Waals surface area contributed by atoms with E-state index in [1.54, 1.807) is 0 Å². The second-order valence-electron chi connectivity index (χ2n) is 9.27. The van der Waals surface area contributed by atoms with E-state index in [2.05, 4.69) is 10.2 Å². The highest BCUT2D eigenvalue weighted by Crippen LogP contribution is 2.56. The van der Waals surface area contributed by atoms with Gasteiger partial charge < -0.3 is 10.4 Å². The van der Waals surface area contributed by atoms with Crippen molar-refractivity contribution in [2.75, 3.05) is 13.1 Å². The van der Waals surface area contributed by atoms with Gasteiger partial charge in [-0.2, -0.15) is 0 Å². The molecule has 1 aliphatic heterocycles. The van der Waals surface area contributed by atoms with E-state index in [4.69, 9.17) is 0 Å². The zero-order valence-electron chi connectivity index (χ0n) is 14.1. The first-order valence-electron chi connectivity index (χ1n) is 9.86. The van der Waals surface area contributed by atoms with Crippen LogP contribution < -0.4 is 5.32 Å². The maximum absolute atomic E-state index is 13.1.